The summed E-state index contributed by atoms with van der Waals surface area (Å²) in [5, 5.41) is 10.1. The molecule has 0 saturated heterocycles. The number of aliphatic hydroxyl groups excluding tert-OH is 1. The summed E-state index contributed by atoms with van der Waals surface area (Å²) in [6, 6.07) is 3.07. The number of halogens is 5. The summed E-state index contributed by atoms with van der Waals surface area (Å²) in [4.78, 5) is 0. The third-order valence-electron chi connectivity index (χ3n) is 3.97. The zero-order chi connectivity index (χ0) is 14.9. The Labute approximate surface area is 113 Å². The summed E-state index contributed by atoms with van der Waals surface area (Å²) in [6.07, 6.45) is -4.87. The molecule has 0 radical (unpaired) electrons. The first-order chi connectivity index (χ1) is 9.29. The quantitative estimate of drug-likeness (QED) is 0.803. The molecule has 0 amide bonds. The Kier molecular flexibility index (Phi) is 4.32. The van der Waals surface area contributed by atoms with Gasteiger partial charge in [0, 0.05) is 0 Å². The van der Waals surface area contributed by atoms with E-state index < -0.39 is 29.8 Å². The van der Waals surface area contributed by atoms with Crippen molar-refractivity contribution in [3.05, 3.63) is 35.4 Å². The van der Waals surface area contributed by atoms with Crippen LogP contribution in [0.2, 0.25) is 0 Å². The highest BCUT2D eigenvalue weighted by Gasteiger charge is 2.42. The Morgan fingerprint density at radius 1 is 1.00 bits per heavy atom. The van der Waals surface area contributed by atoms with Crippen LogP contribution in [0.1, 0.15) is 37.4 Å². The van der Waals surface area contributed by atoms with Crippen molar-refractivity contribution in [2.75, 3.05) is 0 Å². The molecule has 1 aromatic carbocycles. The highest BCUT2D eigenvalue weighted by atomic mass is 19.4. The van der Waals surface area contributed by atoms with Crippen molar-refractivity contribution in [2.45, 2.75) is 38.0 Å². The monoisotopic (exact) mass is 294 g/mol. The number of hydrogen-bond acceptors (Lipinski definition) is 1. The van der Waals surface area contributed by atoms with Crippen LogP contribution in [0.25, 0.3) is 0 Å². The normalized spacial score (nSPS) is 25.5. The van der Waals surface area contributed by atoms with E-state index in [4.69, 9.17) is 0 Å². The summed E-state index contributed by atoms with van der Waals surface area (Å²) in [5.74, 6) is -3.75. The van der Waals surface area contributed by atoms with Crippen molar-refractivity contribution in [2.24, 2.45) is 11.8 Å². The van der Waals surface area contributed by atoms with E-state index >= 15 is 0 Å². The topological polar surface area (TPSA) is 20.2 Å². The first-order valence-electron chi connectivity index (χ1n) is 6.48. The smallest absolute Gasteiger partial charge is 0.388 e. The van der Waals surface area contributed by atoms with Crippen LogP contribution in [0.3, 0.4) is 0 Å². The number of benzene rings is 1. The number of alkyl halides is 3. The Hall–Kier alpha value is -1.17. The van der Waals surface area contributed by atoms with E-state index in [0.717, 1.165) is 12.1 Å². The zero-order valence-corrected chi connectivity index (χ0v) is 10.6. The Balaban J connectivity index is 2.01. The lowest BCUT2D eigenvalue weighted by atomic mass is 9.77. The molecule has 1 fully saturated rings. The molecule has 0 heterocycles. The van der Waals surface area contributed by atoms with Gasteiger partial charge in [-0.05, 0) is 49.3 Å². The molecule has 0 aliphatic heterocycles. The lowest BCUT2D eigenvalue weighted by Gasteiger charge is -2.32. The second-order valence-electron chi connectivity index (χ2n) is 5.27. The predicted octanol–water partition coefficient (Wildman–Crippen LogP) is 4.37. The molecule has 2 rings (SSSR count). The van der Waals surface area contributed by atoms with Gasteiger partial charge in [0.2, 0.25) is 0 Å². The minimum atomic E-state index is -4.20. The molecule has 1 aromatic rings. The van der Waals surface area contributed by atoms with Gasteiger partial charge in [0.05, 0.1) is 12.0 Å². The summed E-state index contributed by atoms with van der Waals surface area (Å²) in [6.45, 7) is 0. The second-order valence-corrected chi connectivity index (χ2v) is 5.27. The fourth-order valence-electron chi connectivity index (χ4n) is 2.73. The fraction of sp³-hybridized carbons (Fsp3) is 0.571. The largest absolute Gasteiger partial charge is 0.391 e. The molecule has 20 heavy (non-hydrogen) atoms. The maximum absolute atomic E-state index is 13.1. The van der Waals surface area contributed by atoms with Crippen molar-refractivity contribution in [3.63, 3.8) is 0 Å². The molecule has 0 bridgehead atoms. The highest BCUT2D eigenvalue weighted by Crippen LogP contribution is 2.43. The van der Waals surface area contributed by atoms with Crippen molar-refractivity contribution < 1.29 is 27.1 Å². The van der Waals surface area contributed by atoms with Gasteiger partial charge in [-0.3, -0.25) is 0 Å². The van der Waals surface area contributed by atoms with Gasteiger partial charge < -0.3 is 5.11 Å². The minimum Gasteiger partial charge on any atom is -0.388 e. The van der Waals surface area contributed by atoms with Gasteiger partial charge >= 0.3 is 6.18 Å². The average molecular weight is 294 g/mol. The van der Waals surface area contributed by atoms with Crippen molar-refractivity contribution >= 4 is 0 Å². The van der Waals surface area contributed by atoms with Crippen molar-refractivity contribution in [1.82, 2.24) is 0 Å². The molecule has 1 unspecified atom stereocenters. The number of aliphatic hydroxyl groups is 1. The van der Waals surface area contributed by atoms with E-state index in [2.05, 4.69) is 0 Å². The molecule has 0 aromatic heterocycles. The lowest BCUT2D eigenvalue weighted by molar-refractivity contribution is -0.185. The van der Waals surface area contributed by atoms with Gasteiger partial charge in [0.1, 0.15) is 0 Å². The maximum Gasteiger partial charge on any atom is 0.391 e. The van der Waals surface area contributed by atoms with Crippen LogP contribution in [-0.2, 0) is 0 Å². The van der Waals surface area contributed by atoms with E-state index in [0.29, 0.717) is 0 Å². The first-order valence-corrected chi connectivity index (χ1v) is 6.48. The van der Waals surface area contributed by atoms with Gasteiger partial charge in [0.15, 0.2) is 11.6 Å². The van der Waals surface area contributed by atoms with E-state index in [1.54, 1.807) is 0 Å². The zero-order valence-electron chi connectivity index (χ0n) is 10.6. The molecule has 112 valence electrons. The molecule has 0 spiro atoms. The standard InChI is InChI=1S/C14H15F5O/c15-11-6-3-9(7-12(11)16)13(20)8-1-4-10(5-2-8)14(17,18)19/h3,6-8,10,13,20H,1-2,4-5H2. The van der Waals surface area contributed by atoms with Crippen LogP contribution in [0, 0.1) is 23.5 Å². The van der Waals surface area contributed by atoms with Crippen LogP contribution < -0.4 is 0 Å². The van der Waals surface area contributed by atoms with Crippen LogP contribution in [0.5, 0.6) is 0 Å². The van der Waals surface area contributed by atoms with Crippen LogP contribution in [0.4, 0.5) is 22.0 Å². The third-order valence-corrected chi connectivity index (χ3v) is 3.97. The Morgan fingerprint density at radius 2 is 1.60 bits per heavy atom. The van der Waals surface area contributed by atoms with E-state index in [1.807, 2.05) is 0 Å². The van der Waals surface area contributed by atoms with Gasteiger partial charge in [-0.2, -0.15) is 13.2 Å². The van der Waals surface area contributed by atoms with Gasteiger partial charge in [-0.1, -0.05) is 6.07 Å². The summed E-state index contributed by atoms with van der Waals surface area (Å²) < 4.78 is 63.5. The molecule has 1 aliphatic carbocycles. The molecule has 1 saturated carbocycles. The lowest BCUT2D eigenvalue weighted by Crippen LogP contribution is -2.29. The third kappa shape index (κ3) is 3.29. The van der Waals surface area contributed by atoms with E-state index in [-0.39, 0.29) is 37.2 Å². The SMILES string of the molecule is OC(c1ccc(F)c(F)c1)C1CCC(C(F)(F)F)CC1. The molecule has 1 N–H and O–H groups in total. The van der Waals surface area contributed by atoms with Crippen molar-refractivity contribution in [3.8, 4) is 0 Å². The minimum absolute atomic E-state index is 0.0328. The Bertz CT molecular complexity index is 463. The molecule has 1 aliphatic rings. The predicted molar refractivity (Wildman–Crippen MR) is 62.8 cm³/mol. The average Bonchev–Trinajstić information content (AvgIpc) is 2.40. The van der Waals surface area contributed by atoms with Crippen LogP contribution in [0.15, 0.2) is 18.2 Å². The molecular formula is C14H15F5O. The second kappa shape index (κ2) is 5.68. The summed E-state index contributed by atoms with van der Waals surface area (Å²) >= 11 is 0. The maximum atomic E-state index is 13.1. The molecular weight excluding hydrogens is 279 g/mol. The summed E-state index contributed by atoms with van der Waals surface area (Å²) in [7, 11) is 0. The Morgan fingerprint density at radius 3 is 2.10 bits per heavy atom. The van der Waals surface area contributed by atoms with Gasteiger partial charge in [0.25, 0.3) is 0 Å². The fourth-order valence-corrected chi connectivity index (χ4v) is 2.73. The highest BCUT2D eigenvalue weighted by molar-refractivity contribution is 5.20. The van der Waals surface area contributed by atoms with Gasteiger partial charge in [-0.15, -0.1) is 0 Å². The molecule has 6 heteroatoms. The van der Waals surface area contributed by atoms with Crippen molar-refractivity contribution in [1.29, 1.82) is 0 Å². The first kappa shape index (κ1) is 15.2. The van der Waals surface area contributed by atoms with Crippen LogP contribution in [-0.4, -0.2) is 11.3 Å². The van der Waals surface area contributed by atoms with Crippen LogP contribution >= 0.6 is 0 Å². The van der Waals surface area contributed by atoms with Gasteiger partial charge in [-0.25, -0.2) is 8.78 Å². The molecule has 1 atom stereocenters. The number of rotatable bonds is 2. The molecule has 1 nitrogen and oxygen atoms in total. The summed E-state index contributed by atoms with van der Waals surface area (Å²) in [5.41, 5.74) is 0.208. The number of hydrogen-bond donors (Lipinski definition) is 1. The van der Waals surface area contributed by atoms with E-state index in [9.17, 15) is 27.1 Å². The van der Waals surface area contributed by atoms with E-state index in [1.165, 1.54) is 6.07 Å².